The number of halogens is 2. The summed E-state index contributed by atoms with van der Waals surface area (Å²) in [6.45, 7) is 0. The largest absolute Gasteiger partial charge is 0.384 e. The van der Waals surface area contributed by atoms with Gasteiger partial charge in [0.1, 0.15) is 6.10 Å². The number of hydrogen-bond donors (Lipinski definition) is 1. The number of aliphatic hydroxyl groups excluding tert-OH is 1. The van der Waals surface area contributed by atoms with Crippen LogP contribution in [0, 0.1) is 0 Å². The maximum Gasteiger partial charge on any atom is 0.104 e. The highest BCUT2D eigenvalue weighted by molar-refractivity contribution is 9.10. The molecule has 1 atom stereocenters. The lowest BCUT2D eigenvalue weighted by molar-refractivity contribution is 0.220. The second-order valence-corrected chi connectivity index (χ2v) is 6.69. The van der Waals surface area contributed by atoms with Gasteiger partial charge in [-0.25, -0.2) is 0 Å². The summed E-state index contributed by atoms with van der Waals surface area (Å²) in [5.41, 5.74) is 4.58. The highest BCUT2D eigenvalue weighted by Gasteiger charge is 2.15. The summed E-state index contributed by atoms with van der Waals surface area (Å²) in [7, 11) is 0. The van der Waals surface area contributed by atoms with Crippen LogP contribution >= 0.6 is 27.5 Å². The molecule has 1 nitrogen and oxygen atoms in total. The molecule has 0 heterocycles. The van der Waals surface area contributed by atoms with Crippen LogP contribution in [0.5, 0.6) is 0 Å². The van der Waals surface area contributed by atoms with E-state index >= 15 is 0 Å². The zero-order chi connectivity index (χ0) is 14.1. The first-order valence-electron chi connectivity index (χ1n) is 6.89. The Kier molecular flexibility index (Phi) is 4.16. The normalized spacial score (nSPS) is 15.8. The van der Waals surface area contributed by atoms with E-state index in [1.54, 1.807) is 0 Å². The van der Waals surface area contributed by atoms with Crippen molar-refractivity contribution in [2.45, 2.75) is 31.8 Å². The quantitative estimate of drug-likeness (QED) is 0.801. The molecular formula is C17H16BrClO. The van der Waals surface area contributed by atoms with Crippen molar-refractivity contribution in [1.82, 2.24) is 0 Å². The molecule has 0 aromatic heterocycles. The van der Waals surface area contributed by atoms with Crippen molar-refractivity contribution >= 4 is 27.5 Å². The molecule has 0 saturated carbocycles. The summed E-state index contributed by atoms with van der Waals surface area (Å²) in [5.74, 6) is 0. The third-order valence-corrected chi connectivity index (χ3v) is 4.56. The highest BCUT2D eigenvalue weighted by atomic mass is 79.9. The molecule has 3 heteroatoms. The van der Waals surface area contributed by atoms with Crippen molar-refractivity contribution in [2.75, 3.05) is 0 Å². The van der Waals surface area contributed by atoms with Gasteiger partial charge in [-0.3, -0.25) is 0 Å². The average Bonchev–Trinajstić information content (AvgIpc) is 2.45. The van der Waals surface area contributed by atoms with Crippen molar-refractivity contribution in [3.63, 3.8) is 0 Å². The number of fused-ring (bicyclic) bond motifs is 1. The van der Waals surface area contributed by atoms with Gasteiger partial charge in [0.2, 0.25) is 0 Å². The van der Waals surface area contributed by atoms with E-state index in [0.29, 0.717) is 5.02 Å². The molecule has 20 heavy (non-hydrogen) atoms. The zero-order valence-electron chi connectivity index (χ0n) is 11.1. The molecule has 0 aliphatic heterocycles. The van der Waals surface area contributed by atoms with Gasteiger partial charge in [0.15, 0.2) is 0 Å². The Balaban J connectivity index is 1.95. The zero-order valence-corrected chi connectivity index (χ0v) is 13.4. The SMILES string of the molecule is OC(c1cc(Cl)cc(Br)c1)c1ccc2c(c1)CCCC2. The van der Waals surface area contributed by atoms with Gasteiger partial charge in [0, 0.05) is 9.50 Å². The monoisotopic (exact) mass is 350 g/mol. The minimum Gasteiger partial charge on any atom is -0.384 e. The summed E-state index contributed by atoms with van der Waals surface area (Å²) in [6.07, 6.45) is 4.17. The van der Waals surface area contributed by atoms with Crippen molar-refractivity contribution < 1.29 is 5.11 Å². The molecule has 0 fully saturated rings. The lowest BCUT2D eigenvalue weighted by Gasteiger charge is -2.19. The van der Waals surface area contributed by atoms with Crippen LogP contribution in [0.2, 0.25) is 5.02 Å². The summed E-state index contributed by atoms with van der Waals surface area (Å²) in [4.78, 5) is 0. The van der Waals surface area contributed by atoms with Gasteiger partial charge >= 0.3 is 0 Å². The Morgan fingerprint density at radius 2 is 1.70 bits per heavy atom. The molecular weight excluding hydrogens is 336 g/mol. The van der Waals surface area contributed by atoms with E-state index in [0.717, 1.165) is 28.4 Å². The highest BCUT2D eigenvalue weighted by Crippen LogP contribution is 2.30. The molecule has 2 aromatic carbocycles. The fraction of sp³-hybridized carbons (Fsp3) is 0.294. The lowest BCUT2D eigenvalue weighted by atomic mass is 9.88. The number of hydrogen-bond acceptors (Lipinski definition) is 1. The third kappa shape index (κ3) is 2.93. The molecule has 0 amide bonds. The van der Waals surface area contributed by atoms with E-state index in [1.165, 1.54) is 24.0 Å². The van der Waals surface area contributed by atoms with Gasteiger partial charge in [-0.05, 0) is 66.1 Å². The number of rotatable bonds is 2. The molecule has 3 rings (SSSR count). The van der Waals surface area contributed by atoms with Crippen LogP contribution in [0.1, 0.15) is 41.2 Å². The minimum atomic E-state index is -0.628. The van der Waals surface area contributed by atoms with Gasteiger partial charge in [0.05, 0.1) is 0 Å². The predicted octanol–water partition coefficient (Wildman–Crippen LogP) is 5.06. The number of aliphatic hydroxyl groups is 1. The first kappa shape index (κ1) is 14.1. The van der Waals surface area contributed by atoms with Gasteiger partial charge in [-0.2, -0.15) is 0 Å². The van der Waals surface area contributed by atoms with Gasteiger partial charge in [0.25, 0.3) is 0 Å². The van der Waals surface area contributed by atoms with Crippen LogP contribution in [0.4, 0.5) is 0 Å². The summed E-state index contributed by atoms with van der Waals surface area (Å²) in [5, 5.41) is 11.2. The van der Waals surface area contributed by atoms with Crippen molar-refractivity contribution in [2.24, 2.45) is 0 Å². The smallest absolute Gasteiger partial charge is 0.104 e. The molecule has 1 unspecified atom stereocenters. The van der Waals surface area contributed by atoms with Crippen molar-refractivity contribution in [3.05, 3.63) is 68.1 Å². The number of aryl methyl sites for hydroxylation is 2. The maximum absolute atomic E-state index is 10.6. The summed E-state index contributed by atoms with van der Waals surface area (Å²) in [6, 6.07) is 11.9. The van der Waals surface area contributed by atoms with Gasteiger partial charge in [-0.15, -0.1) is 0 Å². The van der Waals surface area contributed by atoms with Crippen molar-refractivity contribution in [1.29, 1.82) is 0 Å². The van der Waals surface area contributed by atoms with Crippen LogP contribution in [-0.2, 0) is 12.8 Å². The molecule has 0 bridgehead atoms. The Hall–Kier alpha value is -0.830. The van der Waals surface area contributed by atoms with Gasteiger partial charge in [-0.1, -0.05) is 45.7 Å². The van der Waals surface area contributed by atoms with E-state index in [2.05, 4.69) is 28.1 Å². The average molecular weight is 352 g/mol. The van der Waals surface area contributed by atoms with Gasteiger partial charge < -0.3 is 5.11 Å². The number of benzene rings is 2. The van der Waals surface area contributed by atoms with Crippen LogP contribution in [0.25, 0.3) is 0 Å². The van der Waals surface area contributed by atoms with Crippen LogP contribution in [0.3, 0.4) is 0 Å². The van der Waals surface area contributed by atoms with Crippen LogP contribution in [0.15, 0.2) is 40.9 Å². The van der Waals surface area contributed by atoms with E-state index in [-0.39, 0.29) is 0 Å². The fourth-order valence-corrected chi connectivity index (χ4v) is 3.74. The standard InChI is InChI=1S/C17H16BrClO/c18-15-8-14(9-16(19)10-15)17(20)13-6-5-11-3-1-2-4-12(11)7-13/h5-10,17,20H,1-4H2. The predicted molar refractivity (Wildman–Crippen MR) is 86.3 cm³/mol. The van der Waals surface area contributed by atoms with E-state index in [9.17, 15) is 5.11 Å². The molecule has 1 aliphatic rings. The molecule has 1 aliphatic carbocycles. The third-order valence-electron chi connectivity index (χ3n) is 3.89. The second kappa shape index (κ2) is 5.88. The lowest BCUT2D eigenvalue weighted by Crippen LogP contribution is -2.06. The Morgan fingerprint density at radius 1 is 0.950 bits per heavy atom. The second-order valence-electron chi connectivity index (χ2n) is 5.34. The molecule has 2 aromatic rings. The van der Waals surface area contributed by atoms with Crippen LogP contribution in [-0.4, -0.2) is 5.11 Å². The minimum absolute atomic E-state index is 0.628. The molecule has 0 saturated heterocycles. The molecule has 0 spiro atoms. The summed E-state index contributed by atoms with van der Waals surface area (Å²) < 4.78 is 0.886. The first-order valence-corrected chi connectivity index (χ1v) is 8.06. The van der Waals surface area contributed by atoms with Crippen molar-refractivity contribution in [3.8, 4) is 0 Å². The van der Waals surface area contributed by atoms with E-state index < -0.39 is 6.10 Å². The molecule has 104 valence electrons. The van der Waals surface area contributed by atoms with Crippen LogP contribution < -0.4 is 0 Å². The van der Waals surface area contributed by atoms with E-state index in [1.807, 2.05) is 24.3 Å². The fourth-order valence-electron chi connectivity index (χ4n) is 2.85. The Morgan fingerprint density at radius 3 is 2.45 bits per heavy atom. The first-order chi connectivity index (χ1) is 9.63. The molecule has 1 N–H and O–H groups in total. The van der Waals surface area contributed by atoms with E-state index in [4.69, 9.17) is 11.6 Å². The maximum atomic E-state index is 10.6. The summed E-state index contributed by atoms with van der Waals surface area (Å²) >= 11 is 9.47. The Bertz CT molecular complexity index is 619. The topological polar surface area (TPSA) is 20.2 Å². The molecule has 0 radical (unpaired) electrons. The Labute approximate surface area is 132 Å².